The Bertz CT molecular complexity index is 980. The van der Waals surface area contributed by atoms with E-state index < -0.39 is 24.3 Å². The molecule has 0 bridgehead atoms. The molecule has 3 aromatic rings. The summed E-state index contributed by atoms with van der Waals surface area (Å²) < 4.78 is 18.6. The van der Waals surface area contributed by atoms with Gasteiger partial charge in [-0.05, 0) is 35.4 Å². The Morgan fingerprint density at radius 2 is 1.78 bits per heavy atom. The van der Waals surface area contributed by atoms with Crippen LogP contribution in [0.3, 0.4) is 0 Å². The van der Waals surface area contributed by atoms with Crippen molar-refractivity contribution in [1.82, 2.24) is 5.32 Å². The molecule has 6 heteroatoms. The van der Waals surface area contributed by atoms with Gasteiger partial charge in [-0.2, -0.15) is 0 Å². The molecule has 4 nitrogen and oxygen atoms in total. The first kappa shape index (κ1) is 18.9. The van der Waals surface area contributed by atoms with Crippen LogP contribution in [0.25, 0.3) is 10.8 Å². The molecule has 0 radical (unpaired) electrons. The Labute approximate surface area is 160 Å². The number of hydrogen-bond acceptors (Lipinski definition) is 3. The van der Waals surface area contributed by atoms with Crippen molar-refractivity contribution in [1.29, 1.82) is 0 Å². The fourth-order valence-electron chi connectivity index (χ4n) is 2.89. The standard InChI is InChI=1S/C21H17ClFNO3/c1-13(15-9-4-7-14-6-2-3-8-16(14)15)24-19(25)12-27-21(26)20-17(22)10-5-11-18(20)23/h2-11,13H,12H2,1H3,(H,24,25)/t13-/m0/s1. The van der Waals surface area contributed by atoms with E-state index in [4.69, 9.17) is 16.3 Å². The molecule has 3 rings (SSSR count). The van der Waals surface area contributed by atoms with E-state index in [1.54, 1.807) is 0 Å². The molecular formula is C21H17ClFNO3. The van der Waals surface area contributed by atoms with Gasteiger partial charge >= 0.3 is 5.97 Å². The third-order valence-electron chi connectivity index (χ3n) is 4.17. The second-order valence-electron chi connectivity index (χ2n) is 6.03. The Morgan fingerprint density at radius 3 is 2.56 bits per heavy atom. The lowest BCUT2D eigenvalue weighted by atomic mass is 10.00. The maximum absolute atomic E-state index is 13.7. The van der Waals surface area contributed by atoms with E-state index >= 15 is 0 Å². The first-order valence-electron chi connectivity index (χ1n) is 8.35. The van der Waals surface area contributed by atoms with Gasteiger partial charge in [0.2, 0.25) is 0 Å². The number of amides is 1. The Morgan fingerprint density at radius 1 is 1.07 bits per heavy atom. The van der Waals surface area contributed by atoms with Crippen LogP contribution in [0, 0.1) is 5.82 Å². The van der Waals surface area contributed by atoms with Crippen molar-refractivity contribution >= 4 is 34.2 Å². The van der Waals surface area contributed by atoms with Crippen LogP contribution in [0.2, 0.25) is 5.02 Å². The Kier molecular flexibility index (Phi) is 5.72. The van der Waals surface area contributed by atoms with Crippen LogP contribution in [0.15, 0.2) is 60.7 Å². The molecule has 0 fully saturated rings. The first-order valence-corrected chi connectivity index (χ1v) is 8.73. The van der Waals surface area contributed by atoms with Crippen molar-refractivity contribution in [3.8, 4) is 0 Å². The number of esters is 1. The molecule has 3 aromatic carbocycles. The number of hydrogen-bond donors (Lipinski definition) is 1. The minimum atomic E-state index is -0.980. The van der Waals surface area contributed by atoms with Crippen molar-refractivity contribution in [2.24, 2.45) is 0 Å². The highest BCUT2D eigenvalue weighted by Crippen LogP contribution is 2.24. The van der Waals surface area contributed by atoms with E-state index in [9.17, 15) is 14.0 Å². The molecule has 0 aliphatic heterocycles. The molecule has 0 aromatic heterocycles. The second kappa shape index (κ2) is 8.18. The van der Waals surface area contributed by atoms with Gasteiger partial charge in [-0.3, -0.25) is 4.79 Å². The zero-order valence-corrected chi connectivity index (χ0v) is 15.3. The van der Waals surface area contributed by atoms with Gasteiger partial charge in [0.25, 0.3) is 5.91 Å². The van der Waals surface area contributed by atoms with Crippen molar-refractivity contribution in [3.05, 3.63) is 82.6 Å². The highest BCUT2D eigenvalue weighted by atomic mass is 35.5. The molecule has 0 saturated heterocycles. The summed E-state index contributed by atoms with van der Waals surface area (Å²) in [5, 5.41) is 4.81. The van der Waals surface area contributed by atoms with Gasteiger partial charge in [-0.1, -0.05) is 60.1 Å². The summed E-state index contributed by atoms with van der Waals surface area (Å²) in [5.41, 5.74) is 0.569. The number of fused-ring (bicyclic) bond motifs is 1. The van der Waals surface area contributed by atoms with E-state index in [0.717, 1.165) is 22.4 Å². The van der Waals surface area contributed by atoms with Gasteiger partial charge < -0.3 is 10.1 Å². The van der Waals surface area contributed by atoms with Crippen molar-refractivity contribution in [2.45, 2.75) is 13.0 Å². The maximum atomic E-state index is 13.7. The lowest BCUT2D eigenvalue weighted by Crippen LogP contribution is -2.31. The normalized spacial score (nSPS) is 11.8. The third-order valence-corrected chi connectivity index (χ3v) is 4.48. The molecule has 1 atom stereocenters. The number of benzene rings is 3. The summed E-state index contributed by atoms with van der Waals surface area (Å²) in [4.78, 5) is 24.1. The van der Waals surface area contributed by atoms with Crippen molar-refractivity contribution < 1.29 is 18.7 Å². The lowest BCUT2D eigenvalue weighted by molar-refractivity contribution is -0.124. The van der Waals surface area contributed by atoms with Crippen LogP contribution in [-0.2, 0) is 9.53 Å². The summed E-state index contributed by atoms with van der Waals surface area (Å²) in [6.07, 6.45) is 0. The minimum Gasteiger partial charge on any atom is -0.452 e. The molecule has 1 amide bonds. The zero-order valence-electron chi connectivity index (χ0n) is 14.5. The highest BCUT2D eigenvalue weighted by Gasteiger charge is 2.19. The van der Waals surface area contributed by atoms with Crippen LogP contribution in [-0.4, -0.2) is 18.5 Å². The summed E-state index contributed by atoms with van der Waals surface area (Å²) in [7, 11) is 0. The predicted molar refractivity (Wildman–Crippen MR) is 102 cm³/mol. The zero-order chi connectivity index (χ0) is 19.4. The molecule has 0 saturated carbocycles. The molecular weight excluding hydrogens is 369 g/mol. The number of nitrogens with one attached hydrogen (secondary N) is 1. The SMILES string of the molecule is C[C@H](NC(=O)COC(=O)c1c(F)cccc1Cl)c1cccc2ccccc12. The molecule has 0 aliphatic rings. The average molecular weight is 386 g/mol. The van der Waals surface area contributed by atoms with Gasteiger partial charge in [0.1, 0.15) is 11.4 Å². The molecule has 0 unspecified atom stereocenters. The summed E-state index contributed by atoms with van der Waals surface area (Å²) in [6.45, 7) is 1.31. The number of ether oxygens (including phenoxy) is 1. The Hall–Kier alpha value is -2.92. The van der Waals surface area contributed by atoms with Gasteiger partial charge in [-0.25, -0.2) is 9.18 Å². The van der Waals surface area contributed by atoms with Crippen LogP contribution >= 0.6 is 11.6 Å². The van der Waals surface area contributed by atoms with Gasteiger partial charge in [0.05, 0.1) is 11.1 Å². The lowest BCUT2D eigenvalue weighted by Gasteiger charge is -2.17. The number of carbonyl (C=O) groups is 2. The molecule has 1 N–H and O–H groups in total. The van der Waals surface area contributed by atoms with E-state index in [2.05, 4.69) is 5.32 Å². The van der Waals surface area contributed by atoms with E-state index in [-0.39, 0.29) is 16.6 Å². The fraction of sp³-hybridized carbons (Fsp3) is 0.143. The molecule has 0 heterocycles. The third kappa shape index (κ3) is 4.26. The highest BCUT2D eigenvalue weighted by molar-refractivity contribution is 6.33. The van der Waals surface area contributed by atoms with Crippen LogP contribution < -0.4 is 5.32 Å². The first-order chi connectivity index (χ1) is 13.0. The van der Waals surface area contributed by atoms with E-state index in [0.29, 0.717) is 0 Å². The topological polar surface area (TPSA) is 55.4 Å². The van der Waals surface area contributed by atoms with Crippen molar-refractivity contribution in [2.75, 3.05) is 6.61 Å². The van der Waals surface area contributed by atoms with Crippen LogP contribution in [0.1, 0.15) is 28.9 Å². The number of carbonyl (C=O) groups excluding carboxylic acids is 2. The summed E-state index contributed by atoms with van der Waals surface area (Å²) in [6, 6.07) is 17.3. The maximum Gasteiger partial charge on any atom is 0.343 e. The second-order valence-corrected chi connectivity index (χ2v) is 6.44. The van der Waals surface area contributed by atoms with Gasteiger partial charge in [0, 0.05) is 0 Å². The Balaban J connectivity index is 1.64. The summed E-state index contributed by atoms with van der Waals surface area (Å²) in [5.74, 6) is -2.26. The molecule has 138 valence electrons. The van der Waals surface area contributed by atoms with Gasteiger partial charge in [-0.15, -0.1) is 0 Å². The van der Waals surface area contributed by atoms with E-state index in [1.807, 2.05) is 49.4 Å². The fourth-order valence-corrected chi connectivity index (χ4v) is 3.13. The molecule has 0 spiro atoms. The van der Waals surface area contributed by atoms with Crippen molar-refractivity contribution in [3.63, 3.8) is 0 Å². The number of rotatable bonds is 5. The molecule has 0 aliphatic carbocycles. The largest absolute Gasteiger partial charge is 0.452 e. The monoisotopic (exact) mass is 385 g/mol. The summed E-state index contributed by atoms with van der Waals surface area (Å²) >= 11 is 5.82. The number of halogens is 2. The quantitative estimate of drug-likeness (QED) is 0.649. The van der Waals surface area contributed by atoms with Gasteiger partial charge in [0.15, 0.2) is 6.61 Å². The average Bonchev–Trinajstić information content (AvgIpc) is 2.65. The van der Waals surface area contributed by atoms with Crippen LogP contribution in [0.4, 0.5) is 4.39 Å². The molecule has 27 heavy (non-hydrogen) atoms. The smallest absolute Gasteiger partial charge is 0.343 e. The minimum absolute atomic E-state index is 0.0652. The van der Waals surface area contributed by atoms with E-state index in [1.165, 1.54) is 12.1 Å². The predicted octanol–water partition coefficient (Wildman–Crippen LogP) is 4.67. The van der Waals surface area contributed by atoms with Crippen LogP contribution in [0.5, 0.6) is 0 Å².